The first-order valence-corrected chi connectivity index (χ1v) is 8.83. The molecular weight excluding hydrogens is 294 g/mol. The van der Waals surface area contributed by atoms with E-state index in [-0.39, 0.29) is 11.9 Å². The van der Waals surface area contributed by atoms with Crippen molar-refractivity contribution in [1.82, 2.24) is 14.9 Å². The van der Waals surface area contributed by atoms with Gasteiger partial charge in [-0.25, -0.2) is 4.98 Å². The number of amides is 1. The van der Waals surface area contributed by atoms with Crippen LogP contribution in [0.15, 0.2) is 17.8 Å². The van der Waals surface area contributed by atoms with E-state index in [9.17, 15) is 4.79 Å². The first-order chi connectivity index (χ1) is 10.6. The average Bonchev–Trinajstić information content (AvgIpc) is 3.10. The molecule has 2 heterocycles. The third-order valence-electron chi connectivity index (χ3n) is 4.40. The Morgan fingerprint density at radius 2 is 2.14 bits per heavy atom. The van der Waals surface area contributed by atoms with Crippen LogP contribution in [0.2, 0.25) is 0 Å². The highest BCUT2D eigenvalue weighted by atomic mass is 32.1. The van der Waals surface area contributed by atoms with Gasteiger partial charge in [-0.15, -0.1) is 11.3 Å². The molecule has 0 aliphatic heterocycles. The van der Waals surface area contributed by atoms with E-state index in [1.165, 1.54) is 23.3 Å². The lowest BCUT2D eigenvalue weighted by molar-refractivity contribution is 0.0921. The number of imidazole rings is 1. The first kappa shape index (κ1) is 15.3. The summed E-state index contributed by atoms with van der Waals surface area (Å²) >= 11 is 1.73. The van der Waals surface area contributed by atoms with Gasteiger partial charge in [-0.3, -0.25) is 4.79 Å². The van der Waals surface area contributed by atoms with Crippen LogP contribution >= 0.6 is 11.3 Å². The fourth-order valence-corrected chi connectivity index (χ4v) is 4.24. The van der Waals surface area contributed by atoms with Gasteiger partial charge in [0.05, 0.1) is 11.6 Å². The molecule has 2 aromatic heterocycles. The standard InChI is InChI=1S/C17H23N3OS/c1-11(2)15(16-18-8-9-20(16)3)19-17(21)13-10-22-14-7-5-4-6-12(13)14/h8-11,15H,4-7H2,1-3H3,(H,19,21)/t15-/m0/s1. The number of nitrogens with zero attached hydrogens (tertiary/aromatic N) is 2. The Hall–Kier alpha value is -1.62. The van der Waals surface area contributed by atoms with E-state index < -0.39 is 0 Å². The molecule has 3 rings (SSSR count). The summed E-state index contributed by atoms with van der Waals surface area (Å²) < 4.78 is 1.98. The molecule has 22 heavy (non-hydrogen) atoms. The smallest absolute Gasteiger partial charge is 0.253 e. The molecule has 1 amide bonds. The SMILES string of the molecule is CC(C)[C@H](NC(=O)c1csc2c1CCCC2)c1nccn1C. The number of hydrogen-bond acceptors (Lipinski definition) is 3. The number of carbonyl (C=O) groups is 1. The molecule has 1 N–H and O–H groups in total. The molecule has 1 aliphatic rings. The van der Waals surface area contributed by atoms with Crippen molar-refractivity contribution in [3.8, 4) is 0 Å². The molecule has 0 spiro atoms. The number of aromatic nitrogens is 2. The number of hydrogen-bond donors (Lipinski definition) is 1. The van der Waals surface area contributed by atoms with E-state index in [1.54, 1.807) is 17.5 Å². The van der Waals surface area contributed by atoms with E-state index in [2.05, 4.69) is 24.1 Å². The highest BCUT2D eigenvalue weighted by molar-refractivity contribution is 7.10. The van der Waals surface area contributed by atoms with Gasteiger partial charge in [-0.2, -0.15) is 0 Å². The van der Waals surface area contributed by atoms with Gasteiger partial charge in [-0.05, 0) is 37.2 Å². The Balaban J connectivity index is 1.83. The zero-order valence-electron chi connectivity index (χ0n) is 13.4. The van der Waals surface area contributed by atoms with Crippen LogP contribution in [0.25, 0.3) is 0 Å². The number of nitrogens with one attached hydrogen (secondary N) is 1. The summed E-state index contributed by atoms with van der Waals surface area (Å²) in [6.45, 7) is 4.23. The van der Waals surface area contributed by atoms with Crippen molar-refractivity contribution in [2.24, 2.45) is 13.0 Å². The Morgan fingerprint density at radius 3 is 2.82 bits per heavy atom. The molecule has 1 atom stereocenters. The van der Waals surface area contributed by atoms with Gasteiger partial charge >= 0.3 is 0 Å². The summed E-state index contributed by atoms with van der Waals surface area (Å²) in [4.78, 5) is 18.6. The molecule has 0 unspecified atom stereocenters. The van der Waals surface area contributed by atoms with Crippen LogP contribution in [-0.2, 0) is 19.9 Å². The molecule has 0 fully saturated rings. The van der Waals surface area contributed by atoms with Crippen LogP contribution in [0, 0.1) is 5.92 Å². The van der Waals surface area contributed by atoms with Crippen molar-refractivity contribution >= 4 is 17.2 Å². The van der Waals surface area contributed by atoms with Gasteiger partial charge in [0.25, 0.3) is 5.91 Å². The fraction of sp³-hybridized carbons (Fsp3) is 0.529. The van der Waals surface area contributed by atoms with Crippen molar-refractivity contribution in [3.05, 3.63) is 39.6 Å². The molecule has 0 bridgehead atoms. The molecule has 0 saturated carbocycles. The monoisotopic (exact) mass is 317 g/mol. The van der Waals surface area contributed by atoms with Crippen LogP contribution in [0.5, 0.6) is 0 Å². The number of fused-ring (bicyclic) bond motifs is 1. The van der Waals surface area contributed by atoms with Crippen LogP contribution in [0.4, 0.5) is 0 Å². The molecule has 4 nitrogen and oxygen atoms in total. The van der Waals surface area contributed by atoms with Crippen molar-refractivity contribution in [3.63, 3.8) is 0 Å². The normalized spacial score (nSPS) is 15.6. The second-order valence-corrected chi connectivity index (χ2v) is 7.31. The molecule has 1 aliphatic carbocycles. The Kier molecular flexibility index (Phi) is 4.34. The maximum Gasteiger partial charge on any atom is 0.253 e. The van der Waals surface area contributed by atoms with Crippen molar-refractivity contribution < 1.29 is 4.79 Å². The van der Waals surface area contributed by atoms with E-state index in [4.69, 9.17) is 0 Å². The van der Waals surface area contributed by atoms with E-state index in [1.807, 2.05) is 23.2 Å². The minimum Gasteiger partial charge on any atom is -0.342 e. The highest BCUT2D eigenvalue weighted by Crippen LogP contribution is 2.31. The topological polar surface area (TPSA) is 46.9 Å². The minimum atomic E-state index is -0.0633. The molecular formula is C17H23N3OS. The third kappa shape index (κ3) is 2.82. The lowest BCUT2D eigenvalue weighted by Crippen LogP contribution is -2.33. The summed E-state index contributed by atoms with van der Waals surface area (Å²) in [6.07, 6.45) is 8.30. The average molecular weight is 317 g/mol. The predicted octanol–water partition coefficient (Wildman–Crippen LogP) is 3.49. The van der Waals surface area contributed by atoms with Gasteiger partial charge in [0.1, 0.15) is 5.82 Å². The molecule has 0 saturated heterocycles. The summed E-state index contributed by atoms with van der Waals surface area (Å²) in [6, 6.07) is -0.0633. The van der Waals surface area contributed by atoms with E-state index >= 15 is 0 Å². The van der Waals surface area contributed by atoms with Crippen LogP contribution in [0.3, 0.4) is 0 Å². The fourth-order valence-electron chi connectivity index (χ4n) is 3.11. The summed E-state index contributed by atoms with van der Waals surface area (Å²) in [7, 11) is 1.97. The van der Waals surface area contributed by atoms with Gasteiger partial charge in [0.15, 0.2) is 0 Å². The number of rotatable bonds is 4. The zero-order chi connectivity index (χ0) is 15.7. The Labute approximate surface area is 135 Å². The van der Waals surface area contributed by atoms with E-state index in [0.717, 1.165) is 24.2 Å². The van der Waals surface area contributed by atoms with Gasteiger partial charge in [0, 0.05) is 29.7 Å². The Morgan fingerprint density at radius 1 is 1.36 bits per heavy atom. The molecule has 118 valence electrons. The van der Waals surface area contributed by atoms with Crippen LogP contribution in [-0.4, -0.2) is 15.5 Å². The second kappa shape index (κ2) is 6.24. The summed E-state index contributed by atoms with van der Waals surface area (Å²) in [5.74, 6) is 1.24. The van der Waals surface area contributed by atoms with Crippen LogP contribution < -0.4 is 5.32 Å². The molecule has 0 aromatic carbocycles. The van der Waals surface area contributed by atoms with Crippen molar-refractivity contribution in [2.45, 2.75) is 45.6 Å². The lowest BCUT2D eigenvalue weighted by Gasteiger charge is -2.22. The van der Waals surface area contributed by atoms with Gasteiger partial charge < -0.3 is 9.88 Å². The Bertz CT molecular complexity index is 671. The van der Waals surface area contributed by atoms with Gasteiger partial charge in [-0.1, -0.05) is 13.8 Å². The molecule has 2 aromatic rings. The van der Waals surface area contributed by atoms with Gasteiger partial charge in [0.2, 0.25) is 0 Å². The minimum absolute atomic E-state index is 0.0427. The summed E-state index contributed by atoms with van der Waals surface area (Å²) in [5, 5.41) is 5.23. The third-order valence-corrected chi connectivity index (χ3v) is 5.48. The quantitative estimate of drug-likeness (QED) is 0.938. The summed E-state index contributed by atoms with van der Waals surface area (Å²) in [5.41, 5.74) is 2.15. The maximum absolute atomic E-state index is 12.8. The van der Waals surface area contributed by atoms with E-state index in [0.29, 0.717) is 5.92 Å². The maximum atomic E-state index is 12.8. The van der Waals surface area contributed by atoms with Crippen LogP contribution in [0.1, 0.15) is 59.4 Å². The van der Waals surface area contributed by atoms with Crippen molar-refractivity contribution in [2.75, 3.05) is 0 Å². The van der Waals surface area contributed by atoms with Crippen molar-refractivity contribution in [1.29, 1.82) is 0 Å². The molecule has 0 radical (unpaired) electrons. The highest BCUT2D eigenvalue weighted by Gasteiger charge is 2.25. The second-order valence-electron chi connectivity index (χ2n) is 6.35. The number of aryl methyl sites for hydroxylation is 2. The number of carbonyl (C=O) groups excluding carboxylic acids is 1. The number of thiophene rings is 1. The largest absolute Gasteiger partial charge is 0.342 e. The lowest BCUT2D eigenvalue weighted by atomic mass is 9.95. The predicted molar refractivity (Wildman–Crippen MR) is 89.2 cm³/mol. The molecule has 5 heteroatoms. The zero-order valence-corrected chi connectivity index (χ0v) is 14.2. The first-order valence-electron chi connectivity index (χ1n) is 7.95.